The lowest BCUT2D eigenvalue weighted by Gasteiger charge is -2.06. The van der Waals surface area contributed by atoms with E-state index in [1.54, 1.807) is 12.4 Å². The largest absolute Gasteiger partial charge is 0.396 e. The van der Waals surface area contributed by atoms with Gasteiger partial charge >= 0.3 is 0 Å². The van der Waals surface area contributed by atoms with Gasteiger partial charge in [0.2, 0.25) is 0 Å². The van der Waals surface area contributed by atoms with Gasteiger partial charge in [0.25, 0.3) is 0 Å². The molecule has 0 radical (unpaired) electrons. The molecule has 2 aromatic heterocycles. The standard InChI is InChI=1S/C12H11BrN4/c13-8-2-1-5-15-11(8)12-16-6-9(14)10(17-12)7-3-4-7/h1-2,5-7H,3-4,14H2. The zero-order valence-electron chi connectivity index (χ0n) is 9.10. The van der Waals surface area contributed by atoms with Gasteiger partial charge in [0.05, 0.1) is 17.6 Å². The Kier molecular flexibility index (Phi) is 2.55. The van der Waals surface area contributed by atoms with Crippen LogP contribution in [0.15, 0.2) is 29.0 Å². The molecule has 4 nitrogen and oxygen atoms in total. The fraction of sp³-hybridized carbons (Fsp3) is 0.250. The molecule has 0 spiro atoms. The van der Waals surface area contributed by atoms with Crippen LogP contribution in [0.25, 0.3) is 11.5 Å². The fourth-order valence-corrected chi connectivity index (χ4v) is 2.18. The van der Waals surface area contributed by atoms with E-state index in [1.807, 2.05) is 12.1 Å². The summed E-state index contributed by atoms with van der Waals surface area (Å²) in [6, 6.07) is 3.80. The van der Waals surface area contributed by atoms with Crippen molar-refractivity contribution >= 4 is 21.6 Å². The molecule has 2 aromatic rings. The molecule has 1 fully saturated rings. The SMILES string of the molecule is Nc1cnc(-c2ncccc2Br)nc1C1CC1. The molecule has 2 N–H and O–H groups in total. The third kappa shape index (κ3) is 2.02. The monoisotopic (exact) mass is 290 g/mol. The molecule has 2 heterocycles. The second-order valence-corrected chi connectivity index (χ2v) is 5.00. The topological polar surface area (TPSA) is 64.7 Å². The highest BCUT2D eigenvalue weighted by molar-refractivity contribution is 9.10. The van der Waals surface area contributed by atoms with Crippen LogP contribution < -0.4 is 5.73 Å². The molecule has 0 amide bonds. The van der Waals surface area contributed by atoms with Crippen LogP contribution in [-0.4, -0.2) is 15.0 Å². The van der Waals surface area contributed by atoms with Crippen molar-refractivity contribution in [2.24, 2.45) is 0 Å². The first-order valence-corrected chi connectivity index (χ1v) is 6.28. The maximum Gasteiger partial charge on any atom is 0.179 e. The number of hydrogen-bond donors (Lipinski definition) is 1. The minimum absolute atomic E-state index is 0.513. The zero-order chi connectivity index (χ0) is 11.8. The van der Waals surface area contributed by atoms with Crippen molar-refractivity contribution in [3.05, 3.63) is 34.7 Å². The molecule has 0 atom stereocenters. The van der Waals surface area contributed by atoms with E-state index in [0.29, 0.717) is 17.4 Å². The van der Waals surface area contributed by atoms with Crippen molar-refractivity contribution in [2.75, 3.05) is 5.73 Å². The summed E-state index contributed by atoms with van der Waals surface area (Å²) in [5.74, 6) is 1.15. The van der Waals surface area contributed by atoms with E-state index in [1.165, 1.54) is 12.8 Å². The number of nitrogens with zero attached hydrogens (tertiary/aromatic N) is 3. The highest BCUT2D eigenvalue weighted by Crippen LogP contribution is 2.41. The summed E-state index contributed by atoms with van der Waals surface area (Å²) in [6.07, 6.45) is 5.75. The molecule has 0 unspecified atom stereocenters. The lowest BCUT2D eigenvalue weighted by molar-refractivity contribution is 0.992. The molecule has 0 aliphatic heterocycles. The summed E-state index contributed by atoms with van der Waals surface area (Å²) in [7, 11) is 0. The number of hydrogen-bond acceptors (Lipinski definition) is 4. The van der Waals surface area contributed by atoms with Crippen LogP contribution in [0, 0.1) is 0 Å². The third-order valence-electron chi connectivity index (χ3n) is 2.78. The lowest BCUT2D eigenvalue weighted by Crippen LogP contribution is -2.01. The fourth-order valence-electron chi connectivity index (χ4n) is 1.75. The van der Waals surface area contributed by atoms with Gasteiger partial charge in [-0.25, -0.2) is 9.97 Å². The molecule has 3 rings (SSSR count). The molecular formula is C12H11BrN4. The molecule has 1 aliphatic rings. The van der Waals surface area contributed by atoms with Crippen LogP contribution in [0.1, 0.15) is 24.5 Å². The Balaban J connectivity index is 2.09. The summed E-state index contributed by atoms with van der Waals surface area (Å²) in [4.78, 5) is 13.1. The molecule has 0 bridgehead atoms. The number of pyridine rings is 1. The van der Waals surface area contributed by atoms with Gasteiger partial charge in [-0.05, 0) is 40.9 Å². The summed E-state index contributed by atoms with van der Waals surface area (Å²) in [5.41, 5.74) is 8.30. The van der Waals surface area contributed by atoms with Crippen LogP contribution in [-0.2, 0) is 0 Å². The van der Waals surface area contributed by atoms with Crippen LogP contribution in [0.5, 0.6) is 0 Å². The number of nitrogens with two attached hydrogens (primary N) is 1. The van der Waals surface area contributed by atoms with Gasteiger partial charge in [-0.15, -0.1) is 0 Å². The van der Waals surface area contributed by atoms with Crippen molar-refractivity contribution in [3.8, 4) is 11.5 Å². The van der Waals surface area contributed by atoms with Crippen molar-refractivity contribution < 1.29 is 0 Å². The average molecular weight is 291 g/mol. The Morgan fingerprint density at radius 2 is 2.12 bits per heavy atom. The van der Waals surface area contributed by atoms with Crippen LogP contribution in [0.4, 0.5) is 5.69 Å². The summed E-state index contributed by atoms with van der Waals surface area (Å²) in [6.45, 7) is 0. The van der Waals surface area contributed by atoms with Crippen molar-refractivity contribution in [3.63, 3.8) is 0 Å². The van der Waals surface area contributed by atoms with E-state index < -0.39 is 0 Å². The molecule has 17 heavy (non-hydrogen) atoms. The van der Waals surface area contributed by atoms with Gasteiger partial charge in [-0.2, -0.15) is 0 Å². The second kappa shape index (κ2) is 4.07. The van der Waals surface area contributed by atoms with Crippen molar-refractivity contribution in [1.29, 1.82) is 0 Å². The minimum Gasteiger partial charge on any atom is -0.396 e. The number of nitrogen functional groups attached to an aromatic ring is 1. The van der Waals surface area contributed by atoms with Gasteiger partial charge in [-0.3, -0.25) is 4.98 Å². The maximum absolute atomic E-state index is 5.89. The Morgan fingerprint density at radius 3 is 2.82 bits per heavy atom. The highest BCUT2D eigenvalue weighted by atomic mass is 79.9. The number of aromatic nitrogens is 3. The van der Waals surface area contributed by atoms with Crippen molar-refractivity contribution in [1.82, 2.24) is 15.0 Å². The normalized spacial score (nSPS) is 14.9. The predicted octanol–water partition coefficient (Wildman–Crippen LogP) is 2.76. The smallest absolute Gasteiger partial charge is 0.179 e. The quantitative estimate of drug-likeness (QED) is 0.924. The second-order valence-electron chi connectivity index (χ2n) is 4.14. The number of rotatable bonds is 2. The van der Waals surface area contributed by atoms with Crippen LogP contribution >= 0.6 is 15.9 Å². The first-order chi connectivity index (χ1) is 8.25. The molecule has 5 heteroatoms. The van der Waals surface area contributed by atoms with Gasteiger partial charge in [0, 0.05) is 16.6 Å². The molecule has 0 aromatic carbocycles. The molecule has 1 aliphatic carbocycles. The van der Waals surface area contributed by atoms with Crippen molar-refractivity contribution in [2.45, 2.75) is 18.8 Å². The summed E-state index contributed by atoms with van der Waals surface area (Å²) >= 11 is 3.45. The van der Waals surface area contributed by atoms with Gasteiger partial charge < -0.3 is 5.73 Å². The maximum atomic E-state index is 5.89. The Morgan fingerprint density at radius 1 is 1.29 bits per heavy atom. The molecular weight excluding hydrogens is 280 g/mol. The third-order valence-corrected chi connectivity index (χ3v) is 3.42. The minimum atomic E-state index is 0.513. The zero-order valence-corrected chi connectivity index (χ0v) is 10.7. The van der Waals surface area contributed by atoms with Gasteiger partial charge in [-0.1, -0.05) is 0 Å². The average Bonchev–Trinajstić information content (AvgIpc) is 3.15. The first-order valence-electron chi connectivity index (χ1n) is 5.49. The van der Waals surface area contributed by atoms with Crippen LogP contribution in [0.3, 0.4) is 0 Å². The lowest BCUT2D eigenvalue weighted by atomic mass is 10.2. The first kappa shape index (κ1) is 10.7. The van der Waals surface area contributed by atoms with Gasteiger partial charge in [0.15, 0.2) is 5.82 Å². The van der Waals surface area contributed by atoms with E-state index >= 15 is 0 Å². The molecule has 86 valence electrons. The van der Waals surface area contributed by atoms with E-state index in [0.717, 1.165) is 15.9 Å². The van der Waals surface area contributed by atoms with E-state index in [2.05, 4.69) is 30.9 Å². The number of halogens is 1. The van der Waals surface area contributed by atoms with Crippen LogP contribution in [0.2, 0.25) is 0 Å². The molecule has 1 saturated carbocycles. The predicted molar refractivity (Wildman–Crippen MR) is 69.4 cm³/mol. The summed E-state index contributed by atoms with van der Waals surface area (Å²) < 4.78 is 0.895. The molecule has 0 saturated heterocycles. The number of anilines is 1. The van der Waals surface area contributed by atoms with E-state index in [9.17, 15) is 0 Å². The van der Waals surface area contributed by atoms with E-state index in [4.69, 9.17) is 5.73 Å². The Labute approximate surface area is 107 Å². The van der Waals surface area contributed by atoms with E-state index in [-0.39, 0.29) is 0 Å². The summed E-state index contributed by atoms with van der Waals surface area (Å²) in [5, 5.41) is 0. The van der Waals surface area contributed by atoms with Gasteiger partial charge in [0.1, 0.15) is 5.69 Å². The Hall–Kier alpha value is -1.49. The highest BCUT2D eigenvalue weighted by Gasteiger charge is 2.28. The Bertz CT molecular complexity index is 566.